The van der Waals surface area contributed by atoms with Crippen LogP contribution in [0, 0.1) is 11.6 Å². The van der Waals surface area contributed by atoms with Gasteiger partial charge in [-0.2, -0.15) is 0 Å². The summed E-state index contributed by atoms with van der Waals surface area (Å²) in [5.41, 5.74) is 5.58. The third-order valence-corrected chi connectivity index (χ3v) is 2.75. The number of carbonyl (C=O) groups is 1. The molecule has 0 aliphatic carbocycles. The predicted octanol–water partition coefficient (Wildman–Crippen LogP) is 3.45. The van der Waals surface area contributed by atoms with Crippen molar-refractivity contribution in [3.05, 3.63) is 58.6 Å². The van der Waals surface area contributed by atoms with Gasteiger partial charge in [-0.05, 0) is 30.3 Å². The van der Waals surface area contributed by atoms with Gasteiger partial charge in [-0.1, -0.05) is 17.7 Å². The van der Waals surface area contributed by atoms with Crippen LogP contribution in [0.1, 0.15) is 10.4 Å². The fourth-order valence-corrected chi connectivity index (χ4v) is 1.69. The topological polar surface area (TPSA) is 55.1 Å². The van der Waals surface area contributed by atoms with Crippen molar-refractivity contribution in [2.45, 2.75) is 0 Å². The van der Waals surface area contributed by atoms with Crippen LogP contribution in [-0.2, 0) is 0 Å². The Morgan fingerprint density at radius 3 is 2.63 bits per heavy atom. The van der Waals surface area contributed by atoms with Crippen LogP contribution in [0.3, 0.4) is 0 Å². The quantitative estimate of drug-likeness (QED) is 0.829. The van der Waals surface area contributed by atoms with Crippen molar-refractivity contribution in [1.29, 1.82) is 0 Å². The molecule has 3 nitrogen and oxygen atoms in total. The van der Waals surface area contributed by atoms with Crippen LogP contribution < -0.4 is 11.1 Å². The van der Waals surface area contributed by atoms with E-state index < -0.39 is 17.5 Å². The summed E-state index contributed by atoms with van der Waals surface area (Å²) in [6.45, 7) is 0. The van der Waals surface area contributed by atoms with Gasteiger partial charge in [0.15, 0.2) is 5.82 Å². The van der Waals surface area contributed by atoms with Gasteiger partial charge < -0.3 is 11.1 Å². The minimum absolute atomic E-state index is 0.0517. The van der Waals surface area contributed by atoms with Gasteiger partial charge in [-0.15, -0.1) is 0 Å². The predicted molar refractivity (Wildman–Crippen MR) is 70.2 cm³/mol. The van der Waals surface area contributed by atoms with E-state index in [2.05, 4.69) is 5.32 Å². The molecule has 1 amide bonds. The largest absolute Gasteiger partial charge is 0.397 e. The van der Waals surface area contributed by atoms with Gasteiger partial charge >= 0.3 is 0 Å². The fraction of sp³-hybridized carbons (Fsp3) is 0. The van der Waals surface area contributed by atoms with E-state index in [0.717, 1.165) is 12.1 Å². The molecule has 2 rings (SSSR count). The van der Waals surface area contributed by atoms with Crippen LogP contribution in [0.5, 0.6) is 0 Å². The highest BCUT2D eigenvalue weighted by Gasteiger charge is 2.15. The first-order valence-corrected chi connectivity index (χ1v) is 5.67. The van der Waals surface area contributed by atoms with Gasteiger partial charge in [0.25, 0.3) is 5.91 Å². The highest BCUT2D eigenvalue weighted by molar-refractivity contribution is 6.31. The second kappa shape index (κ2) is 5.24. The monoisotopic (exact) mass is 282 g/mol. The van der Waals surface area contributed by atoms with Gasteiger partial charge in [0.2, 0.25) is 0 Å². The normalized spacial score (nSPS) is 10.3. The Balaban J connectivity index is 2.28. The first kappa shape index (κ1) is 13.3. The van der Waals surface area contributed by atoms with E-state index in [4.69, 9.17) is 17.3 Å². The summed E-state index contributed by atoms with van der Waals surface area (Å²) < 4.78 is 26.5. The molecule has 0 aliphatic heterocycles. The molecule has 0 heterocycles. The Kier molecular flexibility index (Phi) is 3.66. The van der Waals surface area contributed by atoms with Crippen molar-refractivity contribution >= 4 is 28.9 Å². The van der Waals surface area contributed by atoms with Crippen LogP contribution in [0.25, 0.3) is 0 Å². The van der Waals surface area contributed by atoms with Gasteiger partial charge in [-0.3, -0.25) is 4.79 Å². The maximum absolute atomic E-state index is 13.6. The Morgan fingerprint density at radius 1 is 1.21 bits per heavy atom. The molecule has 0 bridgehead atoms. The highest BCUT2D eigenvalue weighted by atomic mass is 35.5. The molecule has 0 atom stereocenters. The second-order valence-electron chi connectivity index (χ2n) is 3.79. The molecule has 2 aromatic rings. The van der Waals surface area contributed by atoms with E-state index in [1.165, 1.54) is 24.3 Å². The molecule has 0 spiro atoms. The number of carbonyl (C=O) groups excluding carboxylic acids is 1. The fourth-order valence-electron chi connectivity index (χ4n) is 1.52. The number of hydrogen-bond acceptors (Lipinski definition) is 2. The molecule has 98 valence electrons. The highest BCUT2D eigenvalue weighted by Crippen LogP contribution is 2.22. The van der Waals surface area contributed by atoms with E-state index in [1.54, 1.807) is 0 Å². The Morgan fingerprint density at radius 2 is 1.95 bits per heavy atom. The van der Waals surface area contributed by atoms with Crippen LogP contribution in [-0.4, -0.2) is 5.91 Å². The van der Waals surface area contributed by atoms with Crippen molar-refractivity contribution in [2.75, 3.05) is 11.1 Å². The van der Waals surface area contributed by atoms with E-state index in [-0.39, 0.29) is 22.0 Å². The van der Waals surface area contributed by atoms with Crippen molar-refractivity contribution in [3.63, 3.8) is 0 Å². The lowest BCUT2D eigenvalue weighted by atomic mass is 10.2. The lowest BCUT2D eigenvalue weighted by molar-refractivity contribution is 0.102. The molecule has 19 heavy (non-hydrogen) atoms. The van der Waals surface area contributed by atoms with Crippen molar-refractivity contribution < 1.29 is 13.6 Å². The summed E-state index contributed by atoms with van der Waals surface area (Å²) in [6, 6.07) is 7.57. The van der Waals surface area contributed by atoms with Crippen LogP contribution in [0.15, 0.2) is 36.4 Å². The lowest BCUT2D eigenvalue weighted by Crippen LogP contribution is -2.15. The number of hydrogen-bond donors (Lipinski definition) is 2. The number of halogens is 3. The molecule has 0 fully saturated rings. The molecule has 3 N–H and O–H groups in total. The number of anilines is 2. The maximum atomic E-state index is 13.6. The van der Waals surface area contributed by atoms with Gasteiger partial charge in [-0.25, -0.2) is 8.78 Å². The van der Waals surface area contributed by atoms with E-state index >= 15 is 0 Å². The van der Waals surface area contributed by atoms with Crippen LogP contribution >= 0.6 is 11.6 Å². The summed E-state index contributed by atoms with van der Waals surface area (Å²) in [6.07, 6.45) is 0. The summed E-state index contributed by atoms with van der Waals surface area (Å²) >= 11 is 5.58. The molecule has 0 radical (unpaired) electrons. The minimum atomic E-state index is -0.817. The molecule has 0 unspecified atom stereocenters. The zero-order chi connectivity index (χ0) is 14.0. The standard InChI is InChI=1S/C13H9ClF2N2O/c14-9-3-1-2-8(12(9)16)13(19)18-11-5-4-7(15)6-10(11)17/h1-6H,17H2,(H,18,19). The number of amides is 1. The Labute approximate surface area is 113 Å². The third-order valence-electron chi connectivity index (χ3n) is 2.46. The zero-order valence-corrected chi connectivity index (χ0v) is 10.3. The lowest BCUT2D eigenvalue weighted by Gasteiger charge is -2.09. The number of nitrogens with one attached hydrogen (secondary N) is 1. The smallest absolute Gasteiger partial charge is 0.258 e. The van der Waals surface area contributed by atoms with Crippen LogP contribution in [0.4, 0.5) is 20.2 Å². The first-order valence-electron chi connectivity index (χ1n) is 5.29. The summed E-state index contributed by atoms with van der Waals surface area (Å²) in [7, 11) is 0. The van der Waals surface area contributed by atoms with E-state index in [9.17, 15) is 13.6 Å². The number of nitrogen functional groups attached to an aromatic ring is 1. The molecule has 0 aliphatic rings. The molecule has 0 saturated heterocycles. The molecule has 2 aromatic carbocycles. The Bertz CT molecular complexity index is 647. The molecule has 6 heteroatoms. The van der Waals surface area contributed by atoms with Gasteiger partial charge in [0.1, 0.15) is 5.82 Å². The summed E-state index contributed by atoms with van der Waals surface area (Å²) in [5.74, 6) is -2.05. The second-order valence-corrected chi connectivity index (χ2v) is 4.19. The van der Waals surface area contributed by atoms with Crippen molar-refractivity contribution in [3.8, 4) is 0 Å². The average Bonchev–Trinajstić information content (AvgIpc) is 2.36. The molecule has 0 aromatic heterocycles. The molecular formula is C13H9ClF2N2O. The van der Waals surface area contributed by atoms with Gasteiger partial charge in [0.05, 0.1) is 22.0 Å². The van der Waals surface area contributed by atoms with Crippen molar-refractivity contribution in [1.82, 2.24) is 0 Å². The number of rotatable bonds is 2. The molecule has 0 saturated carbocycles. The molecular weight excluding hydrogens is 274 g/mol. The summed E-state index contributed by atoms with van der Waals surface area (Å²) in [5, 5.41) is 2.24. The minimum Gasteiger partial charge on any atom is -0.397 e. The summed E-state index contributed by atoms with van der Waals surface area (Å²) in [4.78, 5) is 11.9. The maximum Gasteiger partial charge on any atom is 0.258 e. The Hall–Kier alpha value is -2.14. The van der Waals surface area contributed by atoms with Gasteiger partial charge in [0, 0.05) is 0 Å². The van der Waals surface area contributed by atoms with Crippen LogP contribution in [0.2, 0.25) is 5.02 Å². The van der Waals surface area contributed by atoms with E-state index in [1.807, 2.05) is 0 Å². The first-order chi connectivity index (χ1) is 8.99. The number of nitrogens with two attached hydrogens (primary N) is 1. The van der Waals surface area contributed by atoms with E-state index in [0.29, 0.717) is 0 Å². The zero-order valence-electron chi connectivity index (χ0n) is 9.58. The van der Waals surface area contributed by atoms with Crippen molar-refractivity contribution in [2.24, 2.45) is 0 Å². The third kappa shape index (κ3) is 2.82. The average molecular weight is 283 g/mol. The number of benzene rings is 2. The SMILES string of the molecule is Nc1cc(F)ccc1NC(=O)c1cccc(Cl)c1F.